The topological polar surface area (TPSA) is 83.9 Å². The zero-order chi connectivity index (χ0) is 16.0. The molecule has 1 N–H and O–H groups in total. The monoisotopic (exact) mass is 315 g/mol. The van der Waals surface area contributed by atoms with Crippen molar-refractivity contribution >= 4 is 16.0 Å². The predicted molar refractivity (Wildman–Crippen MR) is 79.3 cm³/mol. The fourth-order valence-electron chi connectivity index (χ4n) is 1.95. The van der Waals surface area contributed by atoms with E-state index < -0.39 is 16.0 Å². The summed E-state index contributed by atoms with van der Waals surface area (Å²) in [5.41, 5.74) is -0.162. The van der Waals surface area contributed by atoms with Crippen LogP contribution in [-0.2, 0) is 10.0 Å². The molecule has 0 aliphatic carbocycles. The third-order valence-electron chi connectivity index (χ3n) is 3.15. The average molecular weight is 315 g/mol. The highest BCUT2D eigenvalue weighted by molar-refractivity contribution is 7.89. The third kappa shape index (κ3) is 3.95. The fraction of sp³-hybridized carbons (Fsp3) is 0.500. The molecule has 0 unspecified atom stereocenters. The summed E-state index contributed by atoms with van der Waals surface area (Å²) in [7, 11) is -2.35. The van der Waals surface area contributed by atoms with Gasteiger partial charge in [0.1, 0.15) is 11.3 Å². The molecule has 21 heavy (non-hydrogen) atoms. The number of sulfonamides is 1. The number of methoxy groups -OCH3 is 1. The maximum Gasteiger partial charge on any atom is 0.339 e. The van der Waals surface area contributed by atoms with Gasteiger partial charge in [-0.15, -0.1) is 0 Å². The molecular weight excluding hydrogens is 294 g/mol. The van der Waals surface area contributed by atoms with Crippen LogP contribution < -0.4 is 4.74 Å². The minimum atomic E-state index is -3.69. The maximum absolute atomic E-state index is 12.5. The molecule has 0 fully saturated rings. The quantitative estimate of drug-likeness (QED) is 0.795. The molecule has 1 aromatic rings. The molecule has 6 nitrogen and oxygen atoms in total. The van der Waals surface area contributed by atoms with Crippen molar-refractivity contribution in [1.29, 1.82) is 0 Å². The zero-order valence-corrected chi connectivity index (χ0v) is 13.3. The molecule has 0 aliphatic rings. The van der Waals surface area contributed by atoms with Crippen LogP contribution in [0.4, 0.5) is 0 Å². The van der Waals surface area contributed by atoms with E-state index in [-0.39, 0.29) is 16.2 Å². The van der Waals surface area contributed by atoms with E-state index in [2.05, 4.69) is 0 Å². The first-order chi connectivity index (χ1) is 9.88. The summed E-state index contributed by atoms with van der Waals surface area (Å²) >= 11 is 0. The van der Waals surface area contributed by atoms with Crippen molar-refractivity contribution in [2.75, 3.05) is 20.2 Å². The lowest BCUT2D eigenvalue weighted by molar-refractivity contribution is 0.0693. The van der Waals surface area contributed by atoms with Crippen LogP contribution in [0.25, 0.3) is 0 Å². The zero-order valence-electron chi connectivity index (χ0n) is 12.5. The molecule has 0 heterocycles. The second kappa shape index (κ2) is 7.42. The average Bonchev–Trinajstić information content (AvgIpc) is 2.46. The molecule has 0 amide bonds. The molecule has 0 radical (unpaired) electrons. The molecule has 0 saturated carbocycles. The Kier molecular flexibility index (Phi) is 6.17. The smallest absolute Gasteiger partial charge is 0.339 e. The summed E-state index contributed by atoms with van der Waals surface area (Å²) in [6.45, 7) is 4.51. The second-order valence-electron chi connectivity index (χ2n) is 4.52. The van der Waals surface area contributed by atoms with Crippen LogP contribution in [0.1, 0.15) is 37.0 Å². The van der Waals surface area contributed by atoms with Crippen molar-refractivity contribution in [3.8, 4) is 5.75 Å². The number of hydrogen-bond acceptors (Lipinski definition) is 4. The first-order valence-electron chi connectivity index (χ1n) is 6.79. The lowest BCUT2D eigenvalue weighted by atomic mass is 10.2. The molecule has 118 valence electrons. The van der Waals surface area contributed by atoms with E-state index in [1.807, 2.05) is 6.92 Å². The van der Waals surface area contributed by atoms with E-state index in [9.17, 15) is 13.2 Å². The molecule has 1 aromatic carbocycles. The van der Waals surface area contributed by atoms with Gasteiger partial charge in [-0.1, -0.05) is 20.3 Å². The maximum atomic E-state index is 12.5. The van der Waals surface area contributed by atoms with E-state index in [4.69, 9.17) is 9.84 Å². The van der Waals surface area contributed by atoms with Crippen molar-refractivity contribution in [2.24, 2.45) is 0 Å². The van der Waals surface area contributed by atoms with Gasteiger partial charge in [0.15, 0.2) is 0 Å². The van der Waals surface area contributed by atoms with Crippen LogP contribution in [0.2, 0.25) is 0 Å². The van der Waals surface area contributed by atoms with Crippen molar-refractivity contribution in [1.82, 2.24) is 4.31 Å². The van der Waals surface area contributed by atoms with Gasteiger partial charge in [0.2, 0.25) is 10.0 Å². The summed E-state index contributed by atoms with van der Waals surface area (Å²) in [4.78, 5) is 11.2. The van der Waals surface area contributed by atoms with E-state index in [0.717, 1.165) is 18.9 Å². The summed E-state index contributed by atoms with van der Waals surface area (Å²) in [6.07, 6.45) is 1.64. The van der Waals surface area contributed by atoms with Crippen LogP contribution in [0.5, 0.6) is 5.75 Å². The molecule has 0 saturated heterocycles. The highest BCUT2D eigenvalue weighted by Gasteiger charge is 2.24. The van der Waals surface area contributed by atoms with Gasteiger partial charge in [0.25, 0.3) is 0 Å². The van der Waals surface area contributed by atoms with Gasteiger partial charge in [-0.2, -0.15) is 4.31 Å². The van der Waals surface area contributed by atoms with Gasteiger partial charge in [-0.3, -0.25) is 0 Å². The SMILES string of the molecule is CCCCN(CC)S(=O)(=O)c1ccc(OC)c(C(=O)O)c1. The summed E-state index contributed by atoms with van der Waals surface area (Å²) in [5.74, 6) is -1.08. The van der Waals surface area contributed by atoms with Crippen LogP contribution in [0.3, 0.4) is 0 Å². The lowest BCUT2D eigenvalue weighted by Gasteiger charge is -2.20. The first-order valence-corrected chi connectivity index (χ1v) is 8.23. The van der Waals surface area contributed by atoms with Gasteiger partial charge < -0.3 is 9.84 Å². The lowest BCUT2D eigenvalue weighted by Crippen LogP contribution is -2.32. The standard InChI is InChI=1S/C14H21NO5S/c1-4-6-9-15(5-2)21(18,19)11-7-8-13(20-3)12(10-11)14(16)17/h7-8,10H,4-6,9H2,1-3H3,(H,16,17). The fourth-order valence-corrected chi connectivity index (χ4v) is 3.46. The Balaban J connectivity index is 3.24. The number of nitrogens with zero attached hydrogens (tertiary/aromatic N) is 1. The van der Waals surface area contributed by atoms with E-state index in [1.165, 1.54) is 23.5 Å². The van der Waals surface area contributed by atoms with Crippen LogP contribution >= 0.6 is 0 Å². The summed E-state index contributed by atoms with van der Waals surface area (Å²) in [5, 5.41) is 9.14. The molecular formula is C14H21NO5S. The molecule has 1 rings (SSSR count). The first kappa shape index (κ1) is 17.5. The molecule has 7 heteroatoms. The van der Waals surface area contributed by atoms with Crippen molar-refractivity contribution in [3.63, 3.8) is 0 Å². The number of carboxylic acid groups (broad SMARTS) is 1. The third-order valence-corrected chi connectivity index (χ3v) is 5.12. The summed E-state index contributed by atoms with van der Waals surface area (Å²) < 4.78 is 31.4. The Morgan fingerprint density at radius 2 is 2.00 bits per heavy atom. The summed E-state index contributed by atoms with van der Waals surface area (Å²) in [6, 6.07) is 3.88. The van der Waals surface area contributed by atoms with Crippen molar-refractivity contribution in [2.45, 2.75) is 31.6 Å². The Bertz CT molecular complexity index is 597. The van der Waals surface area contributed by atoms with Gasteiger partial charge in [-0.25, -0.2) is 13.2 Å². The van der Waals surface area contributed by atoms with Crippen molar-refractivity contribution in [3.05, 3.63) is 23.8 Å². The number of carboxylic acids is 1. The number of rotatable bonds is 8. The van der Waals surface area contributed by atoms with Gasteiger partial charge in [0, 0.05) is 13.1 Å². The minimum absolute atomic E-state index is 0.0290. The number of hydrogen-bond donors (Lipinski definition) is 1. The van der Waals surface area contributed by atoms with Crippen LogP contribution in [0.15, 0.2) is 23.1 Å². The van der Waals surface area contributed by atoms with E-state index in [1.54, 1.807) is 6.92 Å². The number of aromatic carboxylic acids is 1. The largest absolute Gasteiger partial charge is 0.496 e. The van der Waals surface area contributed by atoms with E-state index >= 15 is 0 Å². The molecule has 0 aliphatic heterocycles. The Hall–Kier alpha value is -1.60. The number of ether oxygens (including phenoxy) is 1. The second-order valence-corrected chi connectivity index (χ2v) is 6.46. The molecule has 0 aromatic heterocycles. The highest BCUT2D eigenvalue weighted by atomic mass is 32.2. The van der Waals surface area contributed by atoms with Crippen LogP contribution in [-0.4, -0.2) is 44.0 Å². The highest BCUT2D eigenvalue weighted by Crippen LogP contribution is 2.24. The molecule has 0 spiro atoms. The Morgan fingerprint density at radius 1 is 1.33 bits per heavy atom. The van der Waals surface area contributed by atoms with Crippen LogP contribution in [0, 0.1) is 0 Å². The number of unbranched alkanes of at least 4 members (excludes halogenated alkanes) is 1. The van der Waals surface area contributed by atoms with Gasteiger partial charge >= 0.3 is 5.97 Å². The number of carbonyl (C=O) groups is 1. The Morgan fingerprint density at radius 3 is 2.48 bits per heavy atom. The Labute approximate surface area is 125 Å². The normalized spacial score (nSPS) is 11.6. The minimum Gasteiger partial charge on any atom is -0.496 e. The van der Waals surface area contributed by atoms with Crippen molar-refractivity contribution < 1.29 is 23.1 Å². The van der Waals surface area contributed by atoms with Gasteiger partial charge in [0.05, 0.1) is 12.0 Å². The van der Waals surface area contributed by atoms with Gasteiger partial charge in [-0.05, 0) is 24.6 Å². The molecule has 0 bridgehead atoms. The number of benzene rings is 1. The molecule has 0 atom stereocenters. The predicted octanol–water partition coefficient (Wildman–Crippen LogP) is 2.20. The van der Waals surface area contributed by atoms with E-state index in [0.29, 0.717) is 13.1 Å².